The number of nitrogens with one attached hydrogen (secondary N) is 1. The number of carbonyl (C=O) groups is 1. The topological polar surface area (TPSA) is 55.1 Å². The van der Waals surface area contributed by atoms with Crippen molar-refractivity contribution in [2.75, 3.05) is 6.54 Å². The van der Waals surface area contributed by atoms with E-state index in [1.165, 1.54) is 6.42 Å². The van der Waals surface area contributed by atoms with E-state index in [9.17, 15) is 4.79 Å². The second-order valence-corrected chi connectivity index (χ2v) is 6.16. The molecule has 3 nitrogen and oxygen atoms in total. The van der Waals surface area contributed by atoms with Gasteiger partial charge in [-0.3, -0.25) is 4.79 Å². The molecule has 0 heterocycles. The van der Waals surface area contributed by atoms with Crippen LogP contribution in [0.3, 0.4) is 0 Å². The van der Waals surface area contributed by atoms with Gasteiger partial charge in [0.25, 0.3) is 0 Å². The summed E-state index contributed by atoms with van der Waals surface area (Å²) in [4.78, 5) is 13.0. The molecule has 1 aromatic rings. The van der Waals surface area contributed by atoms with Gasteiger partial charge in [-0.2, -0.15) is 0 Å². The number of carbonyl (C=O) groups excluding carboxylic acids is 1. The normalized spacial score (nSPS) is 22.2. The molecule has 3 heteroatoms. The molecule has 0 aromatic heterocycles. The van der Waals surface area contributed by atoms with Gasteiger partial charge >= 0.3 is 0 Å². The molecule has 21 heavy (non-hydrogen) atoms. The van der Waals surface area contributed by atoms with Gasteiger partial charge in [-0.1, -0.05) is 50.6 Å². The fourth-order valence-electron chi connectivity index (χ4n) is 3.68. The van der Waals surface area contributed by atoms with Crippen molar-refractivity contribution in [3.8, 4) is 0 Å². The Morgan fingerprint density at radius 1 is 1.24 bits per heavy atom. The van der Waals surface area contributed by atoms with Crippen molar-refractivity contribution in [2.24, 2.45) is 11.7 Å². The van der Waals surface area contributed by atoms with Crippen LogP contribution in [0.5, 0.6) is 0 Å². The fourth-order valence-corrected chi connectivity index (χ4v) is 3.68. The van der Waals surface area contributed by atoms with Gasteiger partial charge in [0.2, 0.25) is 5.91 Å². The van der Waals surface area contributed by atoms with E-state index >= 15 is 0 Å². The molecule has 0 aliphatic heterocycles. The highest BCUT2D eigenvalue weighted by Crippen LogP contribution is 2.33. The first-order valence-corrected chi connectivity index (χ1v) is 8.24. The minimum absolute atomic E-state index is 0.170. The van der Waals surface area contributed by atoms with Gasteiger partial charge in [0.15, 0.2) is 0 Å². The summed E-state index contributed by atoms with van der Waals surface area (Å²) in [6.45, 7) is 4.87. The smallest absolute Gasteiger partial charge is 0.230 e. The molecule has 2 rings (SSSR count). The molecule has 0 radical (unpaired) electrons. The van der Waals surface area contributed by atoms with Gasteiger partial charge in [-0.25, -0.2) is 0 Å². The van der Waals surface area contributed by atoms with Crippen molar-refractivity contribution in [3.05, 3.63) is 35.9 Å². The largest absolute Gasteiger partial charge is 0.352 e. The Kier molecular flexibility index (Phi) is 5.40. The minimum Gasteiger partial charge on any atom is -0.352 e. The third-order valence-corrected chi connectivity index (χ3v) is 5.25. The second-order valence-electron chi connectivity index (χ2n) is 6.16. The van der Waals surface area contributed by atoms with E-state index in [1.54, 1.807) is 0 Å². The number of amides is 1. The summed E-state index contributed by atoms with van der Waals surface area (Å²) in [5.41, 5.74) is 6.54. The van der Waals surface area contributed by atoms with E-state index < -0.39 is 5.41 Å². The van der Waals surface area contributed by atoms with Crippen molar-refractivity contribution in [2.45, 2.75) is 57.4 Å². The Bertz CT molecular complexity index is 454. The minimum atomic E-state index is -0.414. The van der Waals surface area contributed by atoms with Gasteiger partial charge in [-0.05, 0) is 43.7 Å². The van der Waals surface area contributed by atoms with E-state index in [0.29, 0.717) is 12.5 Å². The highest BCUT2D eigenvalue weighted by atomic mass is 16.2. The summed E-state index contributed by atoms with van der Waals surface area (Å²) in [5, 5.41) is 3.30. The standard InChI is InChI=1S/C18H28N2O/c1-3-18(4-2,15-10-6-5-7-11-15)17(21)20-16-12-8-9-14(16)13-19/h5-7,10-11,14,16H,3-4,8-9,12-13,19H2,1-2H3,(H,20,21). The molecule has 1 aliphatic rings. The van der Waals surface area contributed by atoms with Crippen LogP contribution < -0.4 is 11.1 Å². The predicted octanol–water partition coefficient (Wildman–Crippen LogP) is 2.99. The van der Waals surface area contributed by atoms with Crippen LogP contribution in [0.15, 0.2) is 30.3 Å². The number of hydrogen-bond acceptors (Lipinski definition) is 2. The maximum absolute atomic E-state index is 13.0. The molecular weight excluding hydrogens is 260 g/mol. The maximum atomic E-state index is 13.0. The number of nitrogens with two attached hydrogens (primary N) is 1. The van der Waals surface area contributed by atoms with Crippen LogP contribution in [0.1, 0.15) is 51.5 Å². The number of benzene rings is 1. The Morgan fingerprint density at radius 2 is 1.90 bits per heavy atom. The first-order valence-electron chi connectivity index (χ1n) is 8.24. The maximum Gasteiger partial charge on any atom is 0.230 e. The van der Waals surface area contributed by atoms with Crippen LogP contribution in [-0.4, -0.2) is 18.5 Å². The zero-order chi connectivity index (χ0) is 15.3. The van der Waals surface area contributed by atoms with Gasteiger partial charge in [0.05, 0.1) is 5.41 Å². The molecule has 1 aromatic carbocycles. The molecule has 0 spiro atoms. The third kappa shape index (κ3) is 3.13. The van der Waals surface area contributed by atoms with Crippen molar-refractivity contribution in [1.29, 1.82) is 0 Å². The molecule has 2 unspecified atom stereocenters. The lowest BCUT2D eigenvalue weighted by atomic mass is 9.74. The molecule has 1 saturated carbocycles. The predicted molar refractivity (Wildman–Crippen MR) is 87.0 cm³/mol. The van der Waals surface area contributed by atoms with E-state index in [4.69, 9.17) is 5.73 Å². The average Bonchev–Trinajstić information content (AvgIpc) is 2.97. The van der Waals surface area contributed by atoms with Crippen LogP contribution in [0.25, 0.3) is 0 Å². The molecule has 3 N–H and O–H groups in total. The lowest BCUT2D eigenvalue weighted by molar-refractivity contribution is -0.128. The Hall–Kier alpha value is -1.35. The molecular formula is C18H28N2O. The van der Waals surface area contributed by atoms with Crippen LogP contribution in [-0.2, 0) is 10.2 Å². The molecule has 116 valence electrons. The Labute approximate surface area is 128 Å². The summed E-state index contributed by atoms with van der Waals surface area (Å²) < 4.78 is 0. The first kappa shape index (κ1) is 16.0. The summed E-state index contributed by atoms with van der Waals surface area (Å²) in [7, 11) is 0. The van der Waals surface area contributed by atoms with Gasteiger partial charge < -0.3 is 11.1 Å². The zero-order valence-corrected chi connectivity index (χ0v) is 13.3. The van der Waals surface area contributed by atoms with Crippen LogP contribution in [0.2, 0.25) is 0 Å². The van der Waals surface area contributed by atoms with Crippen molar-refractivity contribution in [3.63, 3.8) is 0 Å². The van der Waals surface area contributed by atoms with Crippen molar-refractivity contribution < 1.29 is 4.79 Å². The van der Waals surface area contributed by atoms with E-state index in [-0.39, 0.29) is 11.9 Å². The van der Waals surface area contributed by atoms with E-state index in [0.717, 1.165) is 31.2 Å². The Balaban J connectivity index is 2.20. The first-order chi connectivity index (χ1) is 10.2. The van der Waals surface area contributed by atoms with Gasteiger partial charge in [-0.15, -0.1) is 0 Å². The lowest BCUT2D eigenvalue weighted by Gasteiger charge is -2.33. The summed E-state index contributed by atoms with van der Waals surface area (Å²) in [6.07, 6.45) is 5.01. The monoisotopic (exact) mass is 288 g/mol. The molecule has 1 aliphatic carbocycles. The Morgan fingerprint density at radius 3 is 2.48 bits per heavy atom. The van der Waals surface area contributed by atoms with E-state index in [1.807, 2.05) is 18.2 Å². The van der Waals surface area contributed by atoms with Crippen LogP contribution in [0.4, 0.5) is 0 Å². The summed E-state index contributed by atoms with van der Waals surface area (Å²) in [5.74, 6) is 0.611. The van der Waals surface area contributed by atoms with Gasteiger partial charge in [0.1, 0.15) is 0 Å². The molecule has 2 atom stereocenters. The number of rotatable bonds is 6. The second kappa shape index (κ2) is 7.08. The van der Waals surface area contributed by atoms with Crippen molar-refractivity contribution in [1.82, 2.24) is 5.32 Å². The molecule has 1 fully saturated rings. The lowest BCUT2D eigenvalue weighted by Crippen LogP contribution is -2.49. The van der Waals surface area contributed by atoms with Crippen LogP contribution in [0, 0.1) is 5.92 Å². The zero-order valence-electron chi connectivity index (χ0n) is 13.3. The summed E-state index contributed by atoms with van der Waals surface area (Å²) in [6, 6.07) is 10.4. The fraction of sp³-hybridized carbons (Fsp3) is 0.611. The molecule has 1 amide bonds. The quantitative estimate of drug-likeness (QED) is 0.845. The molecule has 0 bridgehead atoms. The average molecular weight is 288 g/mol. The highest BCUT2D eigenvalue weighted by Gasteiger charge is 2.39. The van der Waals surface area contributed by atoms with Gasteiger partial charge in [0, 0.05) is 6.04 Å². The summed E-state index contributed by atoms with van der Waals surface area (Å²) >= 11 is 0. The highest BCUT2D eigenvalue weighted by molar-refractivity contribution is 5.88. The number of hydrogen-bond donors (Lipinski definition) is 2. The van der Waals surface area contributed by atoms with Crippen LogP contribution >= 0.6 is 0 Å². The van der Waals surface area contributed by atoms with E-state index in [2.05, 4.69) is 31.3 Å². The molecule has 0 saturated heterocycles. The SMILES string of the molecule is CCC(CC)(C(=O)NC1CCCC1CN)c1ccccc1. The van der Waals surface area contributed by atoms with Crippen molar-refractivity contribution >= 4 is 5.91 Å². The third-order valence-electron chi connectivity index (χ3n) is 5.25.